The van der Waals surface area contributed by atoms with E-state index >= 15 is 0 Å². The standard InChI is InChI=1S/C22H33FN4O.HI/c1-24-22(25-13-6-8-17-7-5-11-19(23)15-17)26-20-12-14-27(16-20)21(28)18-9-3-2-4-10-18;/h5,7,11,15,18,20H,2-4,6,8-10,12-14,16H2,1H3,(H2,24,25,26);1H. The molecular formula is C22H34FIN4O. The number of hydrogen-bond donors (Lipinski definition) is 2. The van der Waals surface area contributed by atoms with E-state index in [9.17, 15) is 9.18 Å². The molecule has 1 aromatic rings. The van der Waals surface area contributed by atoms with Crippen molar-refractivity contribution >= 4 is 35.8 Å². The van der Waals surface area contributed by atoms with Gasteiger partial charge in [-0.15, -0.1) is 24.0 Å². The summed E-state index contributed by atoms with van der Waals surface area (Å²) in [7, 11) is 1.77. The van der Waals surface area contributed by atoms with Gasteiger partial charge in [-0.1, -0.05) is 31.4 Å². The van der Waals surface area contributed by atoms with Gasteiger partial charge >= 0.3 is 0 Å². The Bertz CT molecular complexity index is 679. The molecule has 1 aliphatic carbocycles. The third-order valence-corrected chi connectivity index (χ3v) is 5.84. The fraction of sp³-hybridized carbons (Fsp3) is 0.636. The first-order chi connectivity index (χ1) is 13.7. The Balaban J connectivity index is 0.00000300. The van der Waals surface area contributed by atoms with E-state index in [0.29, 0.717) is 5.91 Å². The number of guanidine groups is 1. The Kier molecular flexibility index (Phi) is 10.2. The summed E-state index contributed by atoms with van der Waals surface area (Å²) in [5.74, 6) is 1.18. The summed E-state index contributed by atoms with van der Waals surface area (Å²) in [5, 5.41) is 6.78. The normalized spacial score (nSPS) is 20.3. The first-order valence-electron chi connectivity index (χ1n) is 10.7. The number of rotatable bonds is 6. The minimum atomic E-state index is -0.184. The van der Waals surface area contributed by atoms with Crippen LogP contribution in [-0.4, -0.2) is 49.5 Å². The quantitative estimate of drug-likeness (QED) is 0.262. The number of aliphatic imine (C=N–C) groups is 1. The van der Waals surface area contributed by atoms with Gasteiger partial charge in [0.1, 0.15) is 5.82 Å². The highest BCUT2D eigenvalue weighted by Gasteiger charge is 2.31. The summed E-state index contributed by atoms with van der Waals surface area (Å²) in [6, 6.07) is 7.01. The van der Waals surface area contributed by atoms with Crippen LogP contribution in [0, 0.1) is 11.7 Å². The second kappa shape index (κ2) is 12.3. The third-order valence-electron chi connectivity index (χ3n) is 5.84. The van der Waals surface area contributed by atoms with Crippen LogP contribution in [0.15, 0.2) is 29.3 Å². The number of benzene rings is 1. The van der Waals surface area contributed by atoms with Crippen molar-refractivity contribution in [3.8, 4) is 0 Å². The Morgan fingerprint density at radius 2 is 2.03 bits per heavy atom. The molecule has 0 bridgehead atoms. The van der Waals surface area contributed by atoms with Crippen molar-refractivity contribution in [2.45, 2.75) is 57.4 Å². The van der Waals surface area contributed by atoms with Gasteiger partial charge < -0.3 is 15.5 Å². The molecular weight excluding hydrogens is 482 g/mol. The lowest BCUT2D eigenvalue weighted by atomic mass is 9.88. The van der Waals surface area contributed by atoms with Crippen LogP contribution in [0.5, 0.6) is 0 Å². The lowest BCUT2D eigenvalue weighted by Crippen LogP contribution is -2.45. The Hall–Kier alpha value is -1.38. The minimum absolute atomic E-state index is 0. The minimum Gasteiger partial charge on any atom is -0.356 e. The van der Waals surface area contributed by atoms with Crippen LogP contribution in [-0.2, 0) is 11.2 Å². The Labute approximate surface area is 190 Å². The lowest BCUT2D eigenvalue weighted by Gasteiger charge is -2.26. The van der Waals surface area contributed by atoms with Crippen LogP contribution < -0.4 is 10.6 Å². The number of likely N-dealkylation sites (tertiary alicyclic amines) is 1. The summed E-state index contributed by atoms with van der Waals surface area (Å²) in [6.07, 6.45) is 8.47. The largest absolute Gasteiger partial charge is 0.356 e. The van der Waals surface area contributed by atoms with Crippen molar-refractivity contribution < 1.29 is 9.18 Å². The molecule has 0 aromatic heterocycles. The van der Waals surface area contributed by atoms with Crippen molar-refractivity contribution in [3.63, 3.8) is 0 Å². The van der Waals surface area contributed by atoms with Crippen molar-refractivity contribution in [2.75, 3.05) is 26.7 Å². The van der Waals surface area contributed by atoms with Crippen LogP contribution in [0.25, 0.3) is 0 Å². The molecule has 2 N–H and O–H groups in total. The molecule has 1 saturated heterocycles. The SMILES string of the molecule is CN=C(NCCCc1cccc(F)c1)NC1CCN(C(=O)C2CCCCC2)C1.I. The van der Waals surface area contributed by atoms with Crippen molar-refractivity contribution in [2.24, 2.45) is 10.9 Å². The van der Waals surface area contributed by atoms with Crippen molar-refractivity contribution in [3.05, 3.63) is 35.6 Å². The van der Waals surface area contributed by atoms with Gasteiger partial charge in [0.05, 0.1) is 0 Å². The van der Waals surface area contributed by atoms with Crippen molar-refractivity contribution in [1.82, 2.24) is 15.5 Å². The molecule has 1 atom stereocenters. The molecule has 0 spiro atoms. The number of halogens is 2. The molecule has 1 amide bonds. The van der Waals surface area contributed by atoms with Gasteiger partial charge in [0.25, 0.3) is 0 Å². The molecule has 3 rings (SSSR count). The van der Waals surface area contributed by atoms with E-state index in [4.69, 9.17) is 0 Å². The highest BCUT2D eigenvalue weighted by Crippen LogP contribution is 2.26. The van der Waals surface area contributed by atoms with E-state index in [1.807, 2.05) is 11.0 Å². The molecule has 1 aromatic carbocycles. The van der Waals surface area contributed by atoms with Gasteiger partial charge in [-0.3, -0.25) is 9.79 Å². The molecule has 5 nitrogen and oxygen atoms in total. The van der Waals surface area contributed by atoms with E-state index in [1.165, 1.54) is 25.3 Å². The molecule has 1 saturated carbocycles. The number of aryl methyl sites for hydroxylation is 1. The van der Waals surface area contributed by atoms with Gasteiger partial charge in [-0.2, -0.15) is 0 Å². The van der Waals surface area contributed by atoms with Crippen LogP contribution in [0.3, 0.4) is 0 Å². The molecule has 0 radical (unpaired) electrons. The molecule has 162 valence electrons. The predicted molar refractivity (Wildman–Crippen MR) is 126 cm³/mol. The van der Waals surface area contributed by atoms with Crippen LogP contribution in [0.4, 0.5) is 4.39 Å². The second-order valence-electron chi connectivity index (χ2n) is 7.98. The number of hydrogen-bond acceptors (Lipinski definition) is 2. The molecule has 2 fully saturated rings. The lowest BCUT2D eigenvalue weighted by molar-refractivity contribution is -0.135. The number of nitrogens with zero attached hydrogens (tertiary/aromatic N) is 2. The molecule has 1 heterocycles. The molecule has 2 aliphatic rings. The first-order valence-corrected chi connectivity index (χ1v) is 10.7. The fourth-order valence-corrected chi connectivity index (χ4v) is 4.27. The monoisotopic (exact) mass is 516 g/mol. The third kappa shape index (κ3) is 7.42. The Morgan fingerprint density at radius 3 is 2.76 bits per heavy atom. The maximum Gasteiger partial charge on any atom is 0.225 e. The zero-order chi connectivity index (χ0) is 19.8. The number of nitrogens with one attached hydrogen (secondary N) is 2. The summed E-state index contributed by atoms with van der Waals surface area (Å²) in [4.78, 5) is 19.0. The van der Waals surface area contributed by atoms with Gasteiger partial charge in [0, 0.05) is 38.6 Å². The van der Waals surface area contributed by atoms with E-state index in [1.54, 1.807) is 19.2 Å². The van der Waals surface area contributed by atoms with Gasteiger partial charge in [-0.25, -0.2) is 4.39 Å². The van der Waals surface area contributed by atoms with Gasteiger partial charge in [0.2, 0.25) is 5.91 Å². The average molecular weight is 516 g/mol. The Morgan fingerprint density at radius 1 is 1.24 bits per heavy atom. The van der Waals surface area contributed by atoms with E-state index < -0.39 is 0 Å². The topological polar surface area (TPSA) is 56.7 Å². The summed E-state index contributed by atoms with van der Waals surface area (Å²) >= 11 is 0. The molecule has 1 unspecified atom stereocenters. The number of carbonyl (C=O) groups is 1. The zero-order valence-corrected chi connectivity index (χ0v) is 19.7. The van der Waals surface area contributed by atoms with E-state index in [0.717, 1.165) is 63.3 Å². The summed E-state index contributed by atoms with van der Waals surface area (Å²) in [5.41, 5.74) is 1.01. The van der Waals surface area contributed by atoms with Gasteiger partial charge in [-0.05, 0) is 49.8 Å². The first kappa shape index (κ1) is 23.9. The maximum atomic E-state index is 13.2. The summed E-state index contributed by atoms with van der Waals surface area (Å²) in [6.45, 7) is 2.37. The molecule has 1 aliphatic heterocycles. The number of amides is 1. The van der Waals surface area contributed by atoms with Crippen LogP contribution in [0.1, 0.15) is 50.5 Å². The van der Waals surface area contributed by atoms with Crippen LogP contribution in [0.2, 0.25) is 0 Å². The smallest absolute Gasteiger partial charge is 0.225 e. The van der Waals surface area contributed by atoms with E-state index in [-0.39, 0.29) is 41.8 Å². The molecule has 7 heteroatoms. The molecule has 29 heavy (non-hydrogen) atoms. The average Bonchev–Trinajstić information content (AvgIpc) is 3.19. The second-order valence-corrected chi connectivity index (χ2v) is 7.98. The van der Waals surface area contributed by atoms with E-state index in [2.05, 4.69) is 15.6 Å². The van der Waals surface area contributed by atoms with Crippen molar-refractivity contribution in [1.29, 1.82) is 0 Å². The maximum absolute atomic E-state index is 13.2. The highest BCUT2D eigenvalue weighted by molar-refractivity contribution is 14.0. The fourth-order valence-electron chi connectivity index (χ4n) is 4.27. The van der Waals surface area contributed by atoms with Crippen LogP contribution >= 0.6 is 24.0 Å². The van der Waals surface area contributed by atoms with Gasteiger partial charge in [0.15, 0.2) is 5.96 Å². The highest BCUT2D eigenvalue weighted by atomic mass is 127. The zero-order valence-electron chi connectivity index (χ0n) is 17.3. The predicted octanol–water partition coefficient (Wildman–Crippen LogP) is 3.72. The summed E-state index contributed by atoms with van der Waals surface area (Å²) < 4.78 is 13.2. The number of carbonyl (C=O) groups excluding carboxylic acids is 1.